The fourth-order valence-corrected chi connectivity index (χ4v) is 2.69. The molecule has 0 saturated heterocycles. The minimum Gasteiger partial charge on any atom is -0.345 e. The Morgan fingerprint density at radius 2 is 1.71 bits per heavy atom. The number of anilines is 3. The van der Waals surface area contributed by atoms with Gasteiger partial charge in [-0.3, -0.25) is 9.78 Å². The van der Waals surface area contributed by atoms with Gasteiger partial charge in [-0.25, -0.2) is 0 Å². The number of benzene rings is 2. The Kier molecular flexibility index (Phi) is 4.91. The predicted molar refractivity (Wildman–Crippen MR) is 101 cm³/mol. The maximum Gasteiger partial charge on any atom is 0.274 e. The van der Waals surface area contributed by atoms with Gasteiger partial charge in [0.05, 0.1) is 5.69 Å². The maximum atomic E-state index is 12.5. The number of nitrogens with one attached hydrogen (secondary N) is 1. The zero-order valence-electron chi connectivity index (χ0n) is 13.1. The maximum absolute atomic E-state index is 12.5. The highest BCUT2D eigenvalue weighted by atomic mass is 79.9. The van der Waals surface area contributed by atoms with E-state index in [1.54, 1.807) is 12.3 Å². The monoisotopic (exact) mass is 381 g/mol. The highest BCUT2D eigenvalue weighted by molar-refractivity contribution is 9.10. The fourth-order valence-electron chi connectivity index (χ4n) is 2.30. The van der Waals surface area contributed by atoms with Crippen molar-refractivity contribution in [2.24, 2.45) is 0 Å². The van der Waals surface area contributed by atoms with Gasteiger partial charge in [0, 0.05) is 29.1 Å². The number of para-hydroxylation sites is 2. The first-order chi connectivity index (χ1) is 11.6. The molecule has 1 amide bonds. The van der Waals surface area contributed by atoms with Crippen LogP contribution in [0.3, 0.4) is 0 Å². The number of hydrogen-bond acceptors (Lipinski definition) is 3. The minimum atomic E-state index is -0.245. The molecule has 0 radical (unpaired) electrons. The molecule has 3 rings (SSSR count). The second-order valence-electron chi connectivity index (χ2n) is 5.23. The summed E-state index contributed by atoms with van der Waals surface area (Å²) in [6.45, 7) is 0. The molecule has 120 valence electrons. The van der Waals surface area contributed by atoms with Gasteiger partial charge in [0.1, 0.15) is 5.69 Å². The van der Waals surface area contributed by atoms with E-state index in [-0.39, 0.29) is 5.91 Å². The standard InChI is InChI=1S/C19H16BrN3O/c1-23(14-7-3-2-4-8-14)15-11-12-21-18(13-15)19(24)22-17-10-6-5-9-16(17)20/h2-13H,1H3,(H,22,24). The van der Waals surface area contributed by atoms with Crippen molar-refractivity contribution in [1.82, 2.24) is 4.98 Å². The predicted octanol–water partition coefficient (Wildman–Crippen LogP) is 4.86. The largest absolute Gasteiger partial charge is 0.345 e. The van der Waals surface area contributed by atoms with Gasteiger partial charge in [-0.2, -0.15) is 0 Å². The van der Waals surface area contributed by atoms with E-state index >= 15 is 0 Å². The van der Waals surface area contributed by atoms with Crippen molar-refractivity contribution in [3.8, 4) is 0 Å². The molecule has 4 nitrogen and oxygen atoms in total. The van der Waals surface area contributed by atoms with Crippen molar-refractivity contribution in [2.75, 3.05) is 17.3 Å². The summed E-state index contributed by atoms with van der Waals surface area (Å²) in [6.07, 6.45) is 1.64. The number of hydrogen-bond donors (Lipinski definition) is 1. The molecule has 1 aromatic heterocycles. The molecule has 0 fully saturated rings. The van der Waals surface area contributed by atoms with E-state index in [4.69, 9.17) is 0 Å². The minimum absolute atomic E-state index is 0.245. The molecule has 0 aliphatic carbocycles. The van der Waals surface area contributed by atoms with Gasteiger partial charge in [0.15, 0.2) is 0 Å². The molecule has 2 aromatic carbocycles. The van der Waals surface area contributed by atoms with Crippen LogP contribution in [-0.2, 0) is 0 Å². The van der Waals surface area contributed by atoms with Gasteiger partial charge < -0.3 is 10.2 Å². The van der Waals surface area contributed by atoms with Crippen molar-refractivity contribution in [3.05, 3.63) is 83.1 Å². The third kappa shape index (κ3) is 3.63. The van der Waals surface area contributed by atoms with Crippen molar-refractivity contribution in [3.63, 3.8) is 0 Å². The summed E-state index contributed by atoms with van der Waals surface area (Å²) >= 11 is 3.42. The summed E-state index contributed by atoms with van der Waals surface area (Å²) in [7, 11) is 1.96. The van der Waals surface area contributed by atoms with Crippen LogP contribution in [0, 0.1) is 0 Å². The molecule has 24 heavy (non-hydrogen) atoms. The highest BCUT2D eigenvalue weighted by Crippen LogP contribution is 2.24. The molecule has 0 aliphatic rings. The summed E-state index contributed by atoms with van der Waals surface area (Å²) in [5.41, 5.74) is 3.02. The lowest BCUT2D eigenvalue weighted by molar-refractivity contribution is 0.102. The number of nitrogens with zero attached hydrogens (tertiary/aromatic N) is 2. The molecular weight excluding hydrogens is 366 g/mol. The van der Waals surface area contributed by atoms with Gasteiger partial charge >= 0.3 is 0 Å². The lowest BCUT2D eigenvalue weighted by atomic mass is 10.2. The Morgan fingerprint density at radius 1 is 1.00 bits per heavy atom. The van der Waals surface area contributed by atoms with Crippen molar-refractivity contribution >= 4 is 38.9 Å². The number of carbonyl (C=O) groups is 1. The summed E-state index contributed by atoms with van der Waals surface area (Å²) in [4.78, 5) is 18.7. The van der Waals surface area contributed by atoms with Gasteiger partial charge in [-0.05, 0) is 52.3 Å². The Hall–Kier alpha value is -2.66. The SMILES string of the molecule is CN(c1ccccc1)c1ccnc(C(=O)Nc2ccccc2Br)c1. The Labute approximate surface area is 149 Å². The average Bonchev–Trinajstić information content (AvgIpc) is 2.64. The normalized spacial score (nSPS) is 10.2. The van der Waals surface area contributed by atoms with Crippen molar-refractivity contribution in [2.45, 2.75) is 0 Å². The number of pyridine rings is 1. The van der Waals surface area contributed by atoms with Crippen LogP contribution >= 0.6 is 15.9 Å². The molecule has 0 bridgehead atoms. The first-order valence-electron chi connectivity index (χ1n) is 7.46. The Bertz CT molecular complexity index is 852. The third-order valence-electron chi connectivity index (χ3n) is 3.63. The zero-order chi connectivity index (χ0) is 16.9. The quantitative estimate of drug-likeness (QED) is 0.701. The van der Waals surface area contributed by atoms with E-state index in [1.165, 1.54) is 0 Å². The molecule has 1 N–H and O–H groups in total. The summed E-state index contributed by atoms with van der Waals surface area (Å²) in [5, 5.41) is 2.87. The van der Waals surface area contributed by atoms with E-state index in [0.29, 0.717) is 11.4 Å². The van der Waals surface area contributed by atoms with Crippen LogP contribution in [0.15, 0.2) is 77.4 Å². The van der Waals surface area contributed by atoms with Crippen LogP contribution in [0.5, 0.6) is 0 Å². The van der Waals surface area contributed by atoms with E-state index in [1.807, 2.05) is 72.6 Å². The van der Waals surface area contributed by atoms with Gasteiger partial charge in [0.2, 0.25) is 0 Å². The van der Waals surface area contributed by atoms with Crippen molar-refractivity contribution in [1.29, 1.82) is 0 Å². The number of halogens is 1. The Balaban J connectivity index is 1.83. The molecule has 0 atom stereocenters. The van der Waals surface area contributed by atoms with E-state index < -0.39 is 0 Å². The van der Waals surface area contributed by atoms with Crippen LogP contribution in [0.25, 0.3) is 0 Å². The molecule has 0 spiro atoms. The van der Waals surface area contributed by atoms with Crippen LogP contribution < -0.4 is 10.2 Å². The summed E-state index contributed by atoms with van der Waals surface area (Å²) < 4.78 is 0.830. The molecular formula is C19H16BrN3O. The zero-order valence-corrected chi connectivity index (χ0v) is 14.7. The van der Waals surface area contributed by atoms with Crippen molar-refractivity contribution < 1.29 is 4.79 Å². The van der Waals surface area contributed by atoms with Crippen LogP contribution in [0.2, 0.25) is 0 Å². The fraction of sp³-hybridized carbons (Fsp3) is 0.0526. The Morgan fingerprint density at radius 3 is 2.46 bits per heavy atom. The second kappa shape index (κ2) is 7.27. The van der Waals surface area contributed by atoms with E-state index in [9.17, 15) is 4.79 Å². The van der Waals surface area contributed by atoms with Gasteiger partial charge in [-0.1, -0.05) is 30.3 Å². The first-order valence-corrected chi connectivity index (χ1v) is 8.25. The lowest BCUT2D eigenvalue weighted by Crippen LogP contribution is -2.16. The third-order valence-corrected chi connectivity index (χ3v) is 4.32. The smallest absolute Gasteiger partial charge is 0.274 e. The summed E-state index contributed by atoms with van der Waals surface area (Å²) in [6, 6.07) is 21.1. The molecule has 0 aliphatic heterocycles. The number of carbonyl (C=O) groups excluding carboxylic acids is 1. The molecule has 3 aromatic rings. The van der Waals surface area contributed by atoms with Crippen LogP contribution in [0.4, 0.5) is 17.1 Å². The molecule has 1 heterocycles. The topological polar surface area (TPSA) is 45.2 Å². The lowest BCUT2D eigenvalue weighted by Gasteiger charge is -2.19. The highest BCUT2D eigenvalue weighted by Gasteiger charge is 2.12. The van der Waals surface area contributed by atoms with Gasteiger partial charge in [0.25, 0.3) is 5.91 Å². The summed E-state index contributed by atoms with van der Waals surface area (Å²) in [5.74, 6) is -0.245. The molecule has 5 heteroatoms. The van der Waals surface area contributed by atoms with Gasteiger partial charge in [-0.15, -0.1) is 0 Å². The number of aromatic nitrogens is 1. The second-order valence-corrected chi connectivity index (χ2v) is 6.08. The number of rotatable bonds is 4. The van der Waals surface area contributed by atoms with E-state index in [2.05, 4.69) is 26.2 Å². The first kappa shape index (κ1) is 16.2. The number of amides is 1. The van der Waals surface area contributed by atoms with E-state index in [0.717, 1.165) is 15.8 Å². The molecule has 0 saturated carbocycles. The van der Waals surface area contributed by atoms with Crippen LogP contribution in [0.1, 0.15) is 10.5 Å². The molecule has 0 unspecified atom stereocenters. The van der Waals surface area contributed by atoms with Crippen LogP contribution in [-0.4, -0.2) is 17.9 Å². The average molecular weight is 382 g/mol.